The topological polar surface area (TPSA) is 78.8 Å². The number of piperidine rings is 1. The minimum absolute atomic E-state index is 0.0188. The summed E-state index contributed by atoms with van der Waals surface area (Å²) in [6, 6.07) is 14.5. The Morgan fingerprint density at radius 2 is 1.95 bits per heavy atom. The van der Waals surface area contributed by atoms with E-state index in [9.17, 15) is 9.59 Å². The molecular formula is C30H39N5O3. The highest BCUT2D eigenvalue weighted by Gasteiger charge is 2.32. The number of alkyl carbamates (subject to hydrolysis) is 1. The number of ether oxygens (including phenoxy) is 1. The molecule has 1 fully saturated rings. The number of nitrogens with zero attached hydrogens (tertiary/aromatic N) is 3. The van der Waals surface area contributed by atoms with Crippen molar-refractivity contribution in [3.8, 4) is 0 Å². The smallest absolute Gasteiger partial charge is 0.407 e. The van der Waals surface area contributed by atoms with E-state index in [-0.39, 0.29) is 18.1 Å². The van der Waals surface area contributed by atoms with Crippen molar-refractivity contribution in [2.24, 2.45) is 0 Å². The molecular weight excluding hydrogens is 478 g/mol. The van der Waals surface area contributed by atoms with Gasteiger partial charge in [0.05, 0.1) is 22.6 Å². The minimum Gasteiger partial charge on any atom is -0.444 e. The zero-order valence-electron chi connectivity index (χ0n) is 23.3. The van der Waals surface area contributed by atoms with Crippen molar-refractivity contribution in [1.29, 1.82) is 0 Å². The molecule has 3 aromatic rings. The van der Waals surface area contributed by atoms with Crippen LogP contribution in [-0.4, -0.2) is 53.2 Å². The van der Waals surface area contributed by atoms with Gasteiger partial charge in [0, 0.05) is 43.7 Å². The van der Waals surface area contributed by atoms with Crippen LogP contribution in [0.1, 0.15) is 68.3 Å². The summed E-state index contributed by atoms with van der Waals surface area (Å²) in [4.78, 5) is 29.8. The van der Waals surface area contributed by atoms with Gasteiger partial charge in [-0.25, -0.2) is 4.79 Å². The largest absolute Gasteiger partial charge is 0.444 e. The highest BCUT2D eigenvalue weighted by Crippen LogP contribution is 2.42. The second-order valence-corrected chi connectivity index (χ2v) is 11.5. The van der Waals surface area contributed by atoms with Crippen molar-refractivity contribution < 1.29 is 14.3 Å². The molecule has 2 atom stereocenters. The Morgan fingerprint density at radius 1 is 1.16 bits per heavy atom. The molecule has 2 aliphatic heterocycles. The maximum atomic E-state index is 13.5. The number of aryl methyl sites for hydroxylation is 2. The Labute approximate surface area is 224 Å². The van der Waals surface area contributed by atoms with Crippen LogP contribution in [0.15, 0.2) is 42.5 Å². The first-order valence-electron chi connectivity index (χ1n) is 13.6. The van der Waals surface area contributed by atoms with E-state index in [2.05, 4.69) is 65.3 Å². The highest BCUT2D eigenvalue weighted by molar-refractivity contribution is 5.97. The number of fused-ring (bicyclic) bond motifs is 2. The fraction of sp³-hybridized carbons (Fsp3) is 0.467. The van der Waals surface area contributed by atoms with E-state index >= 15 is 0 Å². The van der Waals surface area contributed by atoms with E-state index < -0.39 is 11.7 Å². The minimum atomic E-state index is -0.555. The number of nitrogens with one attached hydrogen (secondary N) is 2. The monoisotopic (exact) mass is 517 g/mol. The van der Waals surface area contributed by atoms with Crippen LogP contribution in [0.3, 0.4) is 0 Å². The molecule has 202 valence electrons. The third kappa shape index (κ3) is 4.91. The van der Waals surface area contributed by atoms with Crippen molar-refractivity contribution in [3.63, 3.8) is 0 Å². The molecule has 2 N–H and O–H groups in total. The summed E-state index contributed by atoms with van der Waals surface area (Å²) in [5, 5.41) is 7.84. The first-order valence-corrected chi connectivity index (χ1v) is 13.6. The van der Waals surface area contributed by atoms with Gasteiger partial charge in [0.1, 0.15) is 11.8 Å². The average Bonchev–Trinajstić information content (AvgIpc) is 3.40. The van der Waals surface area contributed by atoms with Gasteiger partial charge in [0.15, 0.2) is 0 Å². The fourth-order valence-corrected chi connectivity index (χ4v) is 5.78. The number of likely N-dealkylation sites (tertiary alicyclic amines) is 1. The predicted octanol–water partition coefficient (Wildman–Crippen LogP) is 5.66. The number of hydrogen-bond donors (Lipinski definition) is 2. The normalized spacial score (nSPS) is 19.3. The predicted molar refractivity (Wildman–Crippen MR) is 152 cm³/mol. The Hall–Kier alpha value is -3.68. The summed E-state index contributed by atoms with van der Waals surface area (Å²) in [6.45, 7) is 11.9. The maximum Gasteiger partial charge on any atom is 0.407 e. The lowest BCUT2D eigenvalue weighted by atomic mass is 10.0. The molecule has 8 nitrogen and oxygen atoms in total. The van der Waals surface area contributed by atoms with E-state index in [1.54, 1.807) is 0 Å². The van der Waals surface area contributed by atoms with Crippen molar-refractivity contribution in [2.75, 3.05) is 30.4 Å². The maximum absolute atomic E-state index is 13.5. The lowest BCUT2D eigenvalue weighted by Gasteiger charge is -2.33. The van der Waals surface area contributed by atoms with Gasteiger partial charge in [0.25, 0.3) is 5.91 Å². The van der Waals surface area contributed by atoms with Crippen LogP contribution < -0.4 is 15.5 Å². The molecule has 0 bridgehead atoms. The average molecular weight is 518 g/mol. The SMILES string of the molecule is CCn1c(C2Nc3cc(C(=O)N4CCCC(NC(=O)OC(C)(C)C)C4)ccc3N2C)cc2cccc(C)c21. The number of benzene rings is 2. The molecule has 2 aromatic carbocycles. The zero-order chi connectivity index (χ0) is 27.2. The van der Waals surface area contributed by atoms with E-state index in [0.29, 0.717) is 18.7 Å². The van der Waals surface area contributed by atoms with Crippen molar-refractivity contribution in [1.82, 2.24) is 14.8 Å². The summed E-state index contributed by atoms with van der Waals surface area (Å²) < 4.78 is 7.78. The van der Waals surface area contributed by atoms with E-state index in [1.807, 2.05) is 43.9 Å². The van der Waals surface area contributed by atoms with E-state index in [0.717, 1.165) is 30.8 Å². The van der Waals surface area contributed by atoms with Gasteiger partial charge in [-0.05, 0) is 77.3 Å². The number of carbonyl (C=O) groups is 2. The number of para-hydroxylation sites is 1. The first kappa shape index (κ1) is 25.9. The molecule has 0 spiro atoms. The van der Waals surface area contributed by atoms with Gasteiger partial charge in [-0.1, -0.05) is 18.2 Å². The van der Waals surface area contributed by atoms with Crippen molar-refractivity contribution in [3.05, 3.63) is 59.3 Å². The van der Waals surface area contributed by atoms with Gasteiger partial charge in [-0.15, -0.1) is 0 Å². The highest BCUT2D eigenvalue weighted by atomic mass is 16.6. The summed E-state index contributed by atoms with van der Waals surface area (Å²) in [6.07, 6.45) is 1.19. The molecule has 3 heterocycles. The van der Waals surface area contributed by atoms with Gasteiger partial charge in [-0.2, -0.15) is 0 Å². The molecule has 8 heteroatoms. The summed E-state index contributed by atoms with van der Waals surface area (Å²) in [5.41, 5.74) is 5.86. The molecule has 1 saturated heterocycles. The van der Waals surface area contributed by atoms with Crippen LogP contribution in [0.2, 0.25) is 0 Å². The lowest BCUT2D eigenvalue weighted by molar-refractivity contribution is 0.0452. The molecule has 0 saturated carbocycles. The fourth-order valence-electron chi connectivity index (χ4n) is 5.78. The quantitative estimate of drug-likeness (QED) is 0.467. The molecule has 1 aromatic heterocycles. The third-order valence-corrected chi connectivity index (χ3v) is 7.48. The number of rotatable bonds is 4. The summed E-state index contributed by atoms with van der Waals surface area (Å²) in [7, 11) is 2.09. The van der Waals surface area contributed by atoms with Crippen molar-refractivity contribution >= 4 is 34.3 Å². The number of aromatic nitrogens is 1. The van der Waals surface area contributed by atoms with E-state index in [1.165, 1.54) is 22.2 Å². The molecule has 0 radical (unpaired) electrons. The molecule has 5 rings (SSSR count). The van der Waals surface area contributed by atoms with Crippen molar-refractivity contribution in [2.45, 2.75) is 71.8 Å². The Balaban J connectivity index is 1.33. The van der Waals surface area contributed by atoms with E-state index in [4.69, 9.17) is 4.74 Å². The van der Waals surface area contributed by atoms with Crippen LogP contribution in [-0.2, 0) is 11.3 Å². The zero-order valence-corrected chi connectivity index (χ0v) is 23.3. The summed E-state index contributed by atoms with van der Waals surface area (Å²) in [5.74, 6) is -0.0188. The van der Waals surface area contributed by atoms with Gasteiger partial charge >= 0.3 is 6.09 Å². The third-order valence-electron chi connectivity index (χ3n) is 7.48. The second kappa shape index (κ2) is 9.89. The standard InChI is InChI=1S/C30H39N5O3/c1-7-35-25(17-20-11-8-10-19(2)26(20)35)27-32-23-16-21(13-14-24(23)33(27)6)28(36)34-15-9-12-22(18-34)31-29(37)38-30(3,4)5/h8,10-11,13-14,16-17,22,27,32H,7,9,12,15,18H2,1-6H3,(H,31,37). The summed E-state index contributed by atoms with van der Waals surface area (Å²) >= 11 is 0. The molecule has 2 amide bonds. The van der Waals surface area contributed by atoms with Gasteiger partial charge in [-0.3, -0.25) is 4.79 Å². The number of anilines is 2. The van der Waals surface area contributed by atoms with Crippen LogP contribution in [0.25, 0.3) is 10.9 Å². The van der Waals surface area contributed by atoms with Gasteiger partial charge in [0.2, 0.25) is 0 Å². The molecule has 2 unspecified atom stereocenters. The number of amides is 2. The molecule has 38 heavy (non-hydrogen) atoms. The number of hydrogen-bond acceptors (Lipinski definition) is 5. The van der Waals surface area contributed by atoms with Crippen LogP contribution >= 0.6 is 0 Å². The van der Waals surface area contributed by atoms with Crippen LogP contribution in [0.5, 0.6) is 0 Å². The number of carbonyl (C=O) groups excluding carboxylic acids is 2. The van der Waals surface area contributed by atoms with Crippen LogP contribution in [0, 0.1) is 6.92 Å². The van der Waals surface area contributed by atoms with Gasteiger partial charge < -0.3 is 29.7 Å². The lowest BCUT2D eigenvalue weighted by Crippen LogP contribution is -2.50. The molecule has 0 aliphatic carbocycles. The second-order valence-electron chi connectivity index (χ2n) is 11.5. The Kier molecular flexibility index (Phi) is 6.75. The van der Waals surface area contributed by atoms with Crippen LogP contribution in [0.4, 0.5) is 16.2 Å². The first-order chi connectivity index (χ1) is 18.1. The Bertz CT molecular complexity index is 1370. The Morgan fingerprint density at radius 3 is 2.68 bits per heavy atom. The molecule has 2 aliphatic rings.